The third-order valence-electron chi connectivity index (χ3n) is 13.3. The Morgan fingerprint density at radius 3 is 1.81 bits per heavy atom. The van der Waals surface area contributed by atoms with Crippen LogP contribution in [0, 0.1) is 20.8 Å². The van der Waals surface area contributed by atoms with Gasteiger partial charge in [-0.05, 0) is 152 Å². The number of phenolic OH excluding ortho intramolecular Hbond substituents is 1. The molecule has 0 fully saturated rings. The summed E-state index contributed by atoms with van der Waals surface area (Å²) in [7, 11) is 0. The molecule has 0 saturated carbocycles. The van der Waals surface area contributed by atoms with Gasteiger partial charge in [0.15, 0.2) is 0 Å². The number of aromatic hydroxyl groups is 1. The maximum absolute atomic E-state index is 12.1. The predicted molar refractivity (Wildman–Crippen MR) is 283 cm³/mol. The average molecular weight is 878 g/mol. The highest BCUT2D eigenvalue weighted by atomic mass is 16.3. The lowest BCUT2D eigenvalue weighted by atomic mass is 9.78. The SMILES string of the molecule is Cc1ccc(-c2ccnc(-c3cc(-c4cccc5c4nc(-c4cc(C(C)(C)C)cc(C)c4O)n5-c4ccc(-c5c(-c6ccccc6)cccc5C(C)(C)C)cc4C)cc(C(C)(C)C)c3)c2)cc1. The van der Waals surface area contributed by atoms with Gasteiger partial charge in [0.05, 0.1) is 28.0 Å². The van der Waals surface area contributed by atoms with Crippen molar-refractivity contribution in [2.45, 2.75) is 99.3 Å². The van der Waals surface area contributed by atoms with Gasteiger partial charge < -0.3 is 5.11 Å². The summed E-state index contributed by atoms with van der Waals surface area (Å²) in [5.41, 5.74) is 21.1. The first kappa shape index (κ1) is 45.1. The molecule has 7 aromatic carbocycles. The number of hydrogen-bond donors (Lipinski definition) is 1. The van der Waals surface area contributed by atoms with Crippen LogP contribution in [0.5, 0.6) is 5.75 Å². The van der Waals surface area contributed by atoms with Gasteiger partial charge in [-0.3, -0.25) is 9.55 Å². The number of imidazole rings is 1. The van der Waals surface area contributed by atoms with Crippen LogP contribution >= 0.6 is 0 Å². The number of hydrogen-bond acceptors (Lipinski definition) is 3. The molecule has 336 valence electrons. The smallest absolute Gasteiger partial charge is 0.149 e. The van der Waals surface area contributed by atoms with Crippen molar-refractivity contribution in [3.8, 4) is 78.6 Å². The Morgan fingerprint density at radius 2 is 1.12 bits per heavy atom. The summed E-state index contributed by atoms with van der Waals surface area (Å²) >= 11 is 0. The molecule has 0 aliphatic rings. The minimum atomic E-state index is -0.154. The topological polar surface area (TPSA) is 50.9 Å². The molecule has 0 atom stereocenters. The van der Waals surface area contributed by atoms with Crippen molar-refractivity contribution in [2.24, 2.45) is 0 Å². The van der Waals surface area contributed by atoms with Gasteiger partial charge in [-0.25, -0.2) is 4.98 Å². The van der Waals surface area contributed by atoms with Crippen LogP contribution in [0.2, 0.25) is 0 Å². The summed E-state index contributed by atoms with van der Waals surface area (Å²) in [5.74, 6) is 0.938. The lowest BCUT2D eigenvalue weighted by Gasteiger charge is -2.26. The zero-order valence-corrected chi connectivity index (χ0v) is 41.3. The number of pyridine rings is 1. The third kappa shape index (κ3) is 8.74. The van der Waals surface area contributed by atoms with Crippen LogP contribution in [0.4, 0.5) is 0 Å². The van der Waals surface area contributed by atoms with Gasteiger partial charge in [0.1, 0.15) is 11.6 Å². The van der Waals surface area contributed by atoms with Gasteiger partial charge in [0.25, 0.3) is 0 Å². The number of phenols is 1. The van der Waals surface area contributed by atoms with Gasteiger partial charge >= 0.3 is 0 Å². The monoisotopic (exact) mass is 877 g/mol. The third-order valence-corrected chi connectivity index (χ3v) is 13.3. The Hall–Kier alpha value is -7.04. The zero-order chi connectivity index (χ0) is 47.6. The Bertz CT molecular complexity index is 3310. The highest BCUT2D eigenvalue weighted by molar-refractivity contribution is 5.97. The van der Waals surface area contributed by atoms with Crippen molar-refractivity contribution in [1.29, 1.82) is 0 Å². The molecule has 4 heteroatoms. The van der Waals surface area contributed by atoms with E-state index >= 15 is 0 Å². The van der Waals surface area contributed by atoms with E-state index in [1.54, 1.807) is 0 Å². The number of rotatable bonds is 7. The normalized spacial score (nSPS) is 12.2. The molecular weight excluding hydrogens is 815 g/mol. The van der Waals surface area contributed by atoms with E-state index in [9.17, 15) is 5.11 Å². The number of aromatic nitrogens is 3. The molecule has 0 aliphatic heterocycles. The second-order valence-corrected chi connectivity index (χ2v) is 21.6. The van der Waals surface area contributed by atoms with Crippen molar-refractivity contribution in [1.82, 2.24) is 14.5 Å². The molecule has 0 radical (unpaired) electrons. The van der Waals surface area contributed by atoms with Crippen LogP contribution in [-0.2, 0) is 16.2 Å². The first-order valence-corrected chi connectivity index (χ1v) is 23.6. The number of nitrogens with zero attached hydrogens (tertiary/aromatic N) is 3. The predicted octanol–water partition coefficient (Wildman–Crippen LogP) is 16.9. The molecule has 9 aromatic rings. The molecule has 0 saturated heterocycles. The Labute approximate surface area is 398 Å². The summed E-state index contributed by atoms with van der Waals surface area (Å²) in [6.45, 7) is 26.6. The highest BCUT2D eigenvalue weighted by Gasteiger charge is 2.27. The zero-order valence-electron chi connectivity index (χ0n) is 41.3. The standard InChI is InChI=1S/C63H63N3O/c1-39-24-26-42(27-25-39)44-30-31-64-54(37-44)47-34-46(35-49(36-47)62(7,8)9)51-21-17-23-56-58(51)65-60(52-38-48(61(4,5)6)33-41(3)59(52)67)66(56)55-29-28-45(32-40(55)2)57-50(43-18-14-13-15-19-43)20-16-22-53(57)63(10,11)12/h13-38,67H,1-12H3. The fourth-order valence-electron chi connectivity index (χ4n) is 9.43. The van der Waals surface area contributed by atoms with Gasteiger partial charge in [-0.15, -0.1) is 0 Å². The van der Waals surface area contributed by atoms with Gasteiger partial charge in [-0.1, -0.05) is 171 Å². The molecule has 9 rings (SSSR count). The van der Waals surface area contributed by atoms with Crippen LogP contribution in [-0.4, -0.2) is 19.6 Å². The van der Waals surface area contributed by atoms with Crippen molar-refractivity contribution in [2.75, 3.05) is 0 Å². The molecule has 0 amide bonds. The second kappa shape index (κ2) is 17.0. The van der Waals surface area contributed by atoms with Crippen LogP contribution in [0.25, 0.3) is 83.9 Å². The number of fused-ring (bicyclic) bond motifs is 1. The summed E-state index contributed by atoms with van der Waals surface area (Å²) in [6.07, 6.45) is 1.92. The fraction of sp³-hybridized carbons (Fsp3) is 0.238. The van der Waals surface area contributed by atoms with Crippen LogP contribution in [0.15, 0.2) is 158 Å². The van der Waals surface area contributed by atoms with E-state index in [1.165, 1.54) is 33.4 Å². The fourth-order valence-corrected chi connectivity index (χ4v) is 9.43. The van der Waals surface area contributed by atoms with Crippen molar-refractivity contribution in [3.63, 3.8) is 0 Å². The molecule has 67 heavy (non-hydrogen) atoms. The molecule has 0 bridgehead atoms. The number of para-hydroxylation sites is 1. The minimum Gasteiger partial charge on any atom is -0.507 e. The first-order chi connectivity index (χ1) is 31.8. The molecule has 2 aromatic heterocycles. The summed E-state index contributed by atoms with van der Waals surface area (Å²) in [6, 6.07) is 54.9. The van der Waals surface area contributed by atoms with Crippen molar-refractivity contribution >= 4 is 11.0 Å². The summed E-state index contributed by atoms with van der Waals surface area (Å²) in [5, 5.41) is 12.1. The number of benzene rings is 7. The van der Waals surface area contributed by atoms with Crippen LogP contribution in [0.1, 0.15) is 95.7 Å². The minimum absolute atomic E-state index is 0.0889. The highest BCUT2D eigenvalue weighted by Crippen LogP contribution is 2.45. The summed E-state index contributed by atoms with van der Waals surface area (Å²) < 4.78 is 2.27. The first-order valence-electron chi connectivity index (χ1n) is 23.6. The van der Waals surface area contributed by atoms with Crippen LogP contribution in [0.3, 0.4) is 0 Å². The van der Waals surface area contributed by atoms with Gasteiger partial charge in [0.2, 0.25) is 0 Å². The van der Waals surface area contributed by atoms with Crippen molar-refractivity contribution < 1.29 is 5.11 Å². The van der Waals surface area contributed by atoms with E-state index in [1.807, 2.05) is 13.1 Å². The Morgan fingerprint density at radius 1 is 0.463 bits per heavy atom. The van der Waals surface area contributed by atoms with E-state index in [0.717, 1.165) is 72.5 Å². The lowest BCUT2D eigenvalue weighted by molar-refractivity contribution is 0.471. The quantitative estimate of drug-likeness (QED) is 0.174. The Balaban J connectivity index is 1.29. The maximum atomic E-state index is 12.1. The average Bonchev–Trinajstić information content (AvgIpc) is 3.68. The molecule has 1 N–H and O–H groups in total. The Kier molecular flexibility index (Phi) is 11.4. The molecule has 2 heterocycles. The molecular formula is C63H63N3O. The van der Waals surface area contributed by atoms with E-state index in [-0.39, 0.29) is 22.0 Å². The number of aryl methyl sites for hydroxylation is 3. The van der Waals surface area contributed by atoms with Gasteiger partial charge in [0, 0.05) is 17.3 Å². The van der Waals surface area contributed by atoms with E-state index in [4.69, 9.17) is 9.97 Å². The maximum Gasteiger partial charge on any atom is 0.149 e. The molecule has 0 aliphatic carbocycles. The van der Waals surface area contributed by atoms with E-state index < -0.39 is 0 Å². The van der Waals surface area contributed by atoms with Crippen LogP contribution < -0.4 is 0 Å². The van der Waals surface area contributed by atoms with E-state index in [0.29, 0.717) is 11.4 Å². The van der Waals surface area contributed by atoms with Crippen molar-refractivity contribution in [3.05, 3.63) is 191 Å². The largest absolute Gasteiger partial charge is 0.507 e. The molecule has 0 unspecified atom stereocenters. The molecule has 4 nitrogen and oxygen atoms in total. The second-order valence-electron chi connectivity index (χ2n) is 21.6. The lowest BCUT2D eigenvalue weighted by Crippen LogP contribution is -2.13. The summed E-state index contributed by atoms with van der Waals surface area (Å²) in [4.78, 5) is 10.6. The van der Waals surface area contributed by atoms with E-state index in [2.05, 4.69) is 232 Å². The van der Waals surface area contributed by atoms with Gasteiger partial charge in [-0.2, -0.15) is 0 Å². The molecule has 0 spiro atoms.